The van der Waals surface area contributed by atoms with Gasteiger partial charge < -0.3 is 24.0 Å². The molecule has 0 heterocycles. The lowest BCUT2D eigenvalue weighted by Gasteiger charge is -2.24. The van der Waals surface area contributed by atoms with Gasteiger partial charge in [0.25, 0.3) is 0 Å². The Labute approximate surface area is 335 Å². The summed E-state index contributed by atoms with van der Waals surface area (Å²) in [7, 11) is 1.37. The van der Waals surface area contributed by atoms with Gasteiger partial charge in [0.1, 0.15) is 19.8 Å². The van der Waals surface area contributed by atoms with Crippen LogP contribution in [-0.2, 0) is 32.7 Å². The highest BCUT2D eigenvalue weighted by Crippen LogP contribution is 2.43. The van der Waals surface area contributed by atoms with Gasteiger partial charge >= 0.3 is 19.8 Å². The number of unbranched alkanes of at least 4 members (excludes halogenated alkanes) is 13. The second-order valence-corrected chi connectivity index (χ2v) is 16.7. The van der Waals surface area contributed by atoms with Gasteiger partial charge in [-0.25, -0.2) is 4.57 Å². The van der Waals surface area contributed by atoms with E-state index in [9.17, 15) is 24.2 Å². The number of hydrogen-bond acceptors (Lipinski definition) is 8. The molecule has 0 aromatic carbocycles. The molecular weight excluding hydrogens is 717 g/mol. The number of phosphoric acid groups is 1. The van der Waals surface area contributed by atoms with Crippen molar-refractivity contribution in [1.29, 1.82) is 0 Å². The standard InChI is InChI=1S/C44H78NO9P/c1-6-8-10-12-14-16-18-19-20-22-24-26-31-35-43(47)51-39-42(40-53-55(49,50)52-38-37-45(3,4)5)54-44(48)36-32-28-27-30-34-41(46)33-29-25-23-21-17-15-13-11-9-7-2/h15-18,23,25,27,29-30,33,41-42,46H,6-14,19-22,24,26,28,31-32,34-40H2,1-5H3/p+1/b17-15-,18-16-,25-23-,30-27-,33-29-. The van der Waals surface area contributed by atoms with Crippen molar-refractivity contribution >= 4 is 19.8 Å². The second kappa shape index (κ2) is 36.0. The number of allylic oxidation sites excluding steroid dienone is 8. The first-order valence-corrected chi connectivity index (χ1v) is 22.6. The lowest BCUT2D eigenvalue weighted by molar-refractivity contribution is -0.870. The highest BCUT2D eigenvalue weighted by atomic mass is 31.2. The van der Waals surface area contributed by atoms with Crippen molar-refractivity contribution in [3.63, 3.8) is 0 Å². The number of aliphatic hydroxyl groups is 1. The fraction of sp³-hybridized carbons (Fsp3) is 0.727. The van der Waals surface area contributed by atoms with Crippen LogP contribution in [0, 0.1) is 0 Å². The van der Waals surface area contributed by atoms with Crippen molar-refractivity contribution in [2.75, 3.05) is 47.5 Å². The van der Waals surface area contributed by atoms with Gasteiger partial charge in [0.15, 0.2) is 6.10 Å². The van der Waals surface area contributed by atoms with Crippen molar-refractivity contribution in [3.05, 3.63) is 60.8 Å². The molecule has 55 heavy (non-hydrogen) atoms. The maximum Gasteiger partial charge on any atom is 0.472 e. The van der Waals surface area contributed by atoms with E-state index in [1.54, 1.807) is 6.08 Å². The van der Waals surface area contributed by atoms with E-state index < -0.39 is 38.6 Å². The highest BCUT2D eigenvalue weighted by molar-refractivity contribution is 7.47. The van der Waals surface area contributed by atoms with Gasteiger partial charge in [-0.1, -0.05) is 126 Å². The highest BCUT2D eigenvalue weighted by Gasteiger charge is 2.27. The number of esters is 2. The van der Waals surface area contributed by atoms with Crippen molar-refractivity contribution in [1.82, 2.24) is 0 Å². The molecule has 0 aliphatic heterocycles. The summed E-state index contributed by atoms with van der Waals surface area (Å²) in [5.41, 5.74) is 0. The first kappa shape index (κ1) is 52.7. The number of hydrogen-bond donors (Lipinski definition) is 2. The smallest absolute Gasteiger partial charge is 0.462 e. The predicted octanol–water partition coefficient (Wildman–Crippen LogP) is 10.7. The summed E-state index contributed by atoms with van der Waals surface area (Å²) < 4.78 is 34.1. The molecule has 0 saturated carbocycles. The molecule has 0 rings (SSSR count). The van der Waals surface area contributed by atoms with Crippen molar-refractivity contribution in [3.8, 4) is 0 Å². The van der Waals surface area contributed by atoms with Crippen LogP contribution in [0.15, 0.2) is 60.8 Å². The Morgan fingerprint density at radius 1 is 0.655 bits per heavy atom. The summed E-state index contributed by atoms with van der Waals surface area (Å²) in [5.74, 6) is -0.949. The molecule has 318 valence electrons. The number of rotatable bonds is 37. The number of quaternary nitrogens is 1. The summed E-state index contributed by atoms with van der Waals surface area (Å²) >= 11 is 0. The third-order valence-corrected chi connectivity index (χ3v) is 9.58. The molecule has 3 unspecified atom stereocenters. The van der Waals surface area contributed by atoms with E-state index in [1.165, 1.54) is 44.9 Å². The van der Waals surface area contributed by atoms with Gasteiger partial charge in [0, 0.05) is 12.8 Å². The molecule has 0 fully saturated rings. The molecule has 0 aromatic rings. The van der Waals surface area contributed by atoms with Crippen LogP contribution in [0.25, 0.3) is 0 Å². The third-order valence-electron chi connectivity index (χ3n) is 8.60. The first-order valence-electron chi connectivity index (χ1n) is 21.1. The molecule has 0 saturated heterocycles. The topological polar surface area (TPSA) is 129 Å². The Kier molecular flexibility index (Phi) is 34.5. The summed E-state index contributed by atoms with van der Waals surface area (Å²) in [6.07, 6.45) is 38.7. The molecule has 11 heteroatoms. The van der Waals surface area contributed by atoms with Crippen LogP contribution in [0.2, 0.25) is 0 Å². The first-order chi connectivity index (χ1) is 26.4. The van der Waals surface area contributed by atoms with E-state index in [0.29, 0.717) is 36.7 Å². The van der Waals surface area contributed by atoms with E-state index in [4.69, 9.17) is 18.5 Å². The van der Waals surface area contributed by atoms with Crippen molar-refractivity contribution in [2.24, 2.45) is 0 Å². The Balaban J connectivity index is 4.60. The fourth-order valence-electron chi connectivity index (χ4n) is 5.20. The molecule has 0 aromatic heterocycles. The zero-order valence-electron chi connectivity index (χ0n) is 35.3. The van der Waals surface area contributed by atoms with Crippen molar-refractivity contribution in [2.45, 2.75) is 161 Å². The van der Waals surface area contributed by atoms with Crippen LogP contribution in [0.5, 0.6) is 0 Å². The van der Waals surface area contributed by atoms with Crippen molar-refractivity contribution < 1.29 is 47.2 Å². The SMILES string of the molecule is CCCCC/C=C\C/C=C\C=C/C(O)C/C=C\CCCC(=O)OC(COC(=O)CCCCCCC/C=C\CCCCCC)COP(=O)(O)OCC[N+](C)(C)C. The van der Waals surface area contributed by atoms with Gasteiger partial charge in [0.2, 0.25) is 0 Å². The number of likely N-dealkylation sites (N-methyl/N-ethyl adjacent to an activating group) is 1. The zero-order chi connectivity index (χ0) is 40.9. The largest absolute Gasteiger partial charge is 0.472 e. The quantitative estimate of drug-likeness (QED) is 0.0158. The van der Waals surface area contributed by atoms with Gasteiger partial charge in [-0.2, -0.15) is 0 Å². The molecule has 0 aliphatic carbocycles. The maximum atomic E-state index is 12.7. The van der Waals surface area contributed by atoms with Crippen LogP contribution in [0.1, 0.15) is 149 Å². The Morgan fingerprint density at radius 2 is 1.22 bits per heavy atom. The molecule has 0 amide bonds. The summed E-state index contributed by atoms with van der Waals surface area (Å²) in [5, 5.41) is 10.2. The predicted molar refractivity (Wildman–Crippen MR) is 225 cm³/mol. The molecule has 3 atom stereocenters. The number of aliphatic hydroxyl groups excluding tert-OH is 1. The Bertz CT molecular complexity index is 1140. The summed E-state index contributed by atoms with van der Waals surface area (Å²) in [6, 6.07) is 0. The van der Waals surface area contributed by atoms with Crippen LogP contribution in [0.4, 0.5) is 0 Å². The maximum absolute atomic E-state index is 12.7. The van der Waals surface area contributed by atoms with E-state index in [0.717, 1.165) is 51.4 Å². The molecule has 0 bridgehead atoms. The van der Waals surface area contributed by atoms with Crippen LogP contribution in [0.3, 0.4) is 0 Å². The Hall–Kier alpha value is -2.33. The van der Waals surface area contributed by atoms with Crippen LogP contribution in [-0.4, -0.2) is 86.1 Å². The second-order valence-electron chi connectivity index (χ2n) is 15.2. The number of carbonyl (C=O) groups is 2. The molecule has 0 radical (unpaired) electrons. The zero-order valence-corrected chi connectivity index (χ0v) is 36.1. The monoisotopic (exact) mass is 797 g/mol. The minimum Gasteiger partial charge on any atom is -0.462 e. The molecular formula is C44H79NO9P+. The van der Waals surface area contributed by atoms with Crippen LogP contribution >= 0.6 is 7.82 Å². The van der Waals surface area contributed by atoms with E-state index >= 15 is 0 Å². The van der Waals surface area contributed by atoms with Gasteiger partial charge in [-0.15, -0.1) is 0 Å². The lowest BCUT2D eigenvalue weighted by atomic mass is 10.1. The van der Waals surface area contributed by atoms with E-state index in [2.05, 4.69) is 44.2 Å². The normalized spacial score (nSPS) is 14.8. The summed E-state index contributed by atoms with van der Waals surface area (Å²) in [6.45, 7) is 4.17. The molecule has 2 N–H and O–H groups in total. The number of nitrogens with zero attached hydrogens (tertiary/aromatic N) is 1. The number of ether oxygens (including phenoxy) is 2. The van der Waals surface area contributed by atoms with Gasteiger partial charge in [0.05, 0.1) is 33.9 Å². The van der Waals surface area contributed by atoms with Gasteiger partial charge in [-0.3, -0.25) is 18.6 Å². The minimum absolute atomic E-state index is 0.00154. The number of phosphoric ester groups is 1. The molecule has 0 spiro atoms. The summed E-state index contributed by atoms with van der Waals surface area (Å²) in [4.78, 5) is 35.3. The molecule has 0 aliphatic rings. The van der Waals surface area contributed by atoms with E-state index in [1.807, 2.05) is 45.4 Å². The fourth-order valence-corrected chi connectivity index (χ4v) is 5.94. The number of carbonyl (C=O) groups excluding carboxylic acids is 2. The minimum atomic E-state index is -4.41. The lowest BCUT2D eigenvalue weighted by Crippen LogP contribution is -2.37. The average molecular weight is 797 g/mol. The van der Waals surface area contributed by atoms with Gasteiger partial charge in [-0.05, 0) is 70.6 Å². The van der Waals surface area contributed by atoms with E-state index in [-0.39, 0.29) is 26.1 Å². The van der Waals surface area contributed by atoms with Crippen LogP contribution < -0.4 is 0 Å². The molecule has 10 nitrogen and oxygen atoms in total. The third kappa shape index (κ3) is 39.7. The average Bonchev–Trinajstić information content (AvgIpc) is 3.13. The Morgan fingerprint density at radius 3 is 1.91 bits per heavy atom.